The molecule has 0 radical (unpaired) electrons. The maximum absolute atomic E-state index is 14.8. The summed E-state index contributed by atoms with van der Waals surface area (Å²) in [6, 6.07) is 22.9. The number of hydrogen-bond donors (Lipinski definition) is 2. The quantitative estimate of drug-likeness (QED) is 0.212. The van der Waals surface area contributed by atoms with E-state index < -0.39 is 20.0 Å². The Kier molecular flexibility index (Phi) is 9.01. The Morgan fingerprint density at radius 1 is 1.08 bits per heavy atom. The van der Waals surface area contributed by atoms with Crippen molar-refractivity contribution >= 4 is 31.7 Å². The summed E-state index contributed by atoms with van der Waals surface area (Å²) < 4.78 is 19.5. The molecule has 13 heteroatoms. The first-order chi connectivity index (χ1) is 24.0. The highest BCUT2D eigenvalue weighted by Gasteiger charge is 2.66. The van der Waals surface area contributed by atoms with E-state index in [1.54, 1.807) is 21.6 Å². The molecule has 2 N–H and O–H groups in total. The average molecular weight is 698 g/mol. The van der Waals surface area contributed by atoms with Crippen LogP contribution in [0.15, 0.2) is 79.0 Å². The largest absolute Gasteiger partial charge is 0.497 e. The summed E-state index contributed by atoms with van der Waals surface area (Å²) in [5.41, 5.74) is 3.14. The van der Waals surface area contributed by atoms with Crippen LogP contribution < -0.4 is 14.5 Å². The molecule has 5 atom stereocenters. The summed E-state index contributed by atoms with van der Waals surface area (Å²) in [6.45, 7) is 7.34. The number of aromatic nitrogens is 3. The Bertz CT molecular complexity index is 1860. The van der Waals surface area contributed by atoms with Crippen LogP contribution in [0, 0.1) is 5.92 Å². The third kappa shape index (κ3) is 5.87. The fourth-order valence-corrected chi connectivity index (χ4v) is 10.7. The molecule has 0 saturated carbocycles. The lowest BCUT2D eigenvalue weighted by Crippen LogP contribution is -2.46. The molecule has 4 heterocycles. The van der Waals surface area contributed by atoms with Crippen LogP contribution in [0.5, 0.6) is 5.75 Å². The number of hydrogen-bond acceptors (Lipinski definition) is 9. The van der Waals surface area contributed by atoms with E-state index >= 15 is 0 Å². The Balaban J connectivity index is 1.17. The number of nitrogens with zero attached hydrogens (tertiary/aromatic N) is 5. The number of benzene rings is 3. The third-order valence-corrected chi connectivity index (χ3v) is 13.0. The van der Waals surface area contributed by atoms with Gasteiger partial charge in [-0.05, 0) is 61.0 Å². The number of aliphatic hydroxyl groups is 1. The molecule has 2 amide bonds. The van der Waals surface area contributed by atoms with Crippen molar-refractivity contribution in [3.63, 3.8) is 0 Å². The second-order valence-electron chi connectivity index (χ2n) is 13.9. The van der Waals surface area contributed by atoms with Crippen LogP contribution in [-0.4, -0.2) is 78.2 Å². The van der Waals surface area contributed by atoms with E-state index in [9.17, 15) is 19.5 Å². The smallest absolute Gasteiger partial charge is 0.414 e. The number of anilines is 2. The maximum atomic E-state index is 14.8. The lowest BCUT2D eigenvalue weighted by Gasteiger charge is -2.32. The fraction of sp³-hybridized carbons (Fsp3) is 0.405. The monoisotopic (exact) mass is 697 g/mol. The zero-order chi connectivity index (χ0) is 35.2. The number of carbonyl (C=O) groups excluding carboxylic acids is 2. The van der Waals surface area contributed by atoms with Crippen molar-refractivity contribution in [1.82, 2.24) is 15.0 Å². The maximum Gasteiger partial charge on any atom is 0.414 e. The fourth-order valence-electron chi connectivity index (χ4n) is 8.10. The summed E-state index contributed by atoms with van der Waals surface area (Å²) in [7, 11) is -1.29. The predicted octanol–water partition coefficient (Wildman–Crippen LogP) is 4.80. The summed E-state index contributed by atoms with van der Waals surface area (Å²) in [6.07, 6.45) is 1.54. The second-order valence-corrected chi connectivity index (χ2v) is 17.9. The molecule has 50 heavy (non-hydrogen) atoms. The number of rotatable bonds is 11. The molecule has 1 aromatic heterocycles. The number of fused-ring (bicyclic) bond motifs is 2. The highest BCUT2D eigenvalue weighted by Crippen LogP contribution is 2.60. The molecule has 4 aromatic rings. The Morgan fingerprint density at radius 3 is 2.50 bits per heavy atom. The van der Waals surface area contributed by atoms with Gasteiger partial charge in [0.2, 0.25) is 0 Å². The number of aliphatic hydroxyl groups excluding tert-OH is 1. The standard InChI is InChI=1S/C37H43N5O7Si/c1-24-34(50(3,4)46)33(16-17-40-22-31(38-39-40)29(23-43)26-8-6-5-7-9-26)49-37(24)30-20-28(47-2)14-15-32(30)42(35(37)44)21-25-10-12-27(13-11-25)41-18-19-48-36(41)45/h5-15,20,22,24,29,33-34,43,46H,16-19,21,23H2,1-4H3/t24-,29?,33+,34-,37+/m1/s1. The highest BCUT2D eigenvalue weighted by molar-refractivity contribution is 6.71. The van der Waals surface area contributed by atoms with E-state index in [1.165, 1.54) is 0 Å². The van der Waals surface area contributed by atoms with Crippen LogP contribution >= 0.6 is 0 Å². The molecule has 3 aliphatic rings. The Labute approximate surface area is 292 Å². The molecule has 0 bridgehead atoms. The summed E-state index contributed by atoms with van der Waals surface area (Å²) in [5, 5.41) is 18.9. The van der Waals surface area contributed by atoms with Gasteiger partial charge in [-0.15, -0.1) is 5.10 Å². The average Bonchev–Trinajstić information content (AvgIpc) is 3.88. The van der Waals surface area contributed by atoms with E-state index in [4.69, 9.17) is 14.2 Å². The Morgan fingerprint density at radius 2 is 1.84 bits per heavy atom. The first kappa shape index (κ1) is 33.9. The van der Waals surface area contributed by atoms with Crippen molar-refractivity contribution in [2.24, 2.45) is 5.92 Å². The number of ether oxygens (including phenoxy) is 3. The zero-order valence-electron chi connectivity index (χ0n) is 28.7. The van der Waals surface area contributed by atoms with Crippen LogP contribution in [0.1, 0.15) is 41.6 Å². The van der Waals surface area contributed by atoms with Crippen molar-refractivity contribution in [3.05, 3.63) is 101 Å². The van der Waals surface area contributed by atoms with Gasteiger partial charge in [0.15, 0.2) is 13.9 Å². The number of carbonyl (C=O) groups is 2. The van der Waals surface area contributed by atoms with Gasteiger partial charge in [0.05, 0.1) is 50.2 Å². The molecule has 3 aromatic carbocycles. The second kappa shape index (κ2) is 13.3. The van der Waals surface area contributed by atoms with Gasteiger partial charge in [-0.2, -0.15) is 0 Å². The molecule has 2 saturated heterocycles. The van der Waals surface area contributed by atoms with Crippen molar-refractivity contribution in [1.29, 1.82) is 0 Å². The molecule has 1 spiro atoms. The highest BCUT2D eigenvalue weighted by atomic mass is 28.4. The van der Waals surface area contributed by atoms with Crippen LogP contribution in [0.2, 0.25) is 18.6 Å². The van der Waals surface area contributed by atoms with E-state index in [1.807, 2.05) is 99.0 Å². The van der Waals surface area contributed by atoms with E-state index in [2.05, 4.69) is 10.3 Å². The summed E-state index contributed by atoms with van der Waals surface area (Å²) in [5.74, 6) is -0.200. The van der Waals surface area contributed by atoms with Gasteiger partial charge in [-0.3, -0.25) is 14.4 Å². The minimum Gasteiger partial charge on any atom is -0.497 e. The van der Waals surface area contributed by atoms with Crippen molar-refractivity contribution < 1.29 is 33.7 Å². The van der Waals surface area contributed by atoms with Gasteiger partial charge in [0.25, 0.3) is 5.91 Å². The minimum absolute atomic E-state index is 0.0977. The molecule has 1 unspecified atom stereocenters. The number of aryl methyl sites for hydroxylation is 1. The van der Waals surface area contributed by atoms with Gasteiger partial charge in [-0.1, -0.05) is 54.6 Å². The molecule has 2 fully saturated rings. The van der Waals surface area contributed by atoms with Crippen LogP contribution in [0.25, 0.3) is 0 Å². The zero-order valence-corrected chi connectivity index (χ0v) is 29.7. The molecule has 262 valence electrons. The van der Waals surface area contributed by atoms with Crippen molar-refractivity contribution in [3.8, 4) is 5.75 Å². The molecule has 0 aliphatic carbocycles. The van der Waals surface area contributed by atoms with Gasteiger partial charge >= 0.3 is 6.09 Å². The topological polar surface area (TPSA) is 139 Å². The van der Waals surface area contributed by atoms with Crippen LogP contribution in [0.4, 0.5) is 16.2 Å². The van der Waals surface area contributed by atoms with Gasteiger partial charge < -0.3 is 29.0 Å². The lowest BCUT2D eigenvalue weighted by atomic mass is 9.82. The Hall–Kier alpha value is -4.56. The van der Waals surface area contributed by atoms with Crippen LogP contribution in [0.3, 0.4) is 0 Å². The molecular weight excluding hydrogens is 655 g/mol. The molecular formula is C37H43N5O7Si. The van der Waals surface area contributed by atoms with Crippen LogP contribution in [-0.2, 0) is 33.0 Å². The number of methoxy groups -OCH3 is 1. The van der Waals surface area contributed by atoms with Gasteiger partial charge in [-0.25, -0.2) is 4.79 Å². The van der Waals surface area contributed by atoms with Gasteiger partial charge in [0, 0.05) is 35.5 Å². The number of cyclic esters (lactones) is 1. The molecule has 12 nitrogen and oxygen atoms in total. The molecule has 7 rings (SSSR count). The first-order valence-electron chi connectivity index (χ1n) is 17.0. The normalized spacial score (nSPS) is 23.8. The van der Waals surface area contributed by atoms with Crippen molar-refractivity contribution in [2.75, 3.05) is 36.7 Å². The lowest BCUT2D eigenvalue weighted by molar-refractivity contribution is -0.146. The summed E-state index contributed by atoms with van der Waals surface area (Å²) in [4.78, 5) is 42.0. The van der Waals surface area contributed by atoms with E-state index in [0.29, 0.717) is 44.1 Å². The minimum atomic E-state index is -2.89. The molecule has 3 aliphatic heterocycles. The summed E-state index contributed by atoms with van der Waals surface area (Å²) >= 11 is 0. The predicted molar refractivity (Wildman–Crippen MR) is 188 cm³/mol. The van der Waals surface area contributed by atoms with Crippen molar-refractivity contribution in [2.45, 2.75) is 62.7 Å². The first-order valence-corrected chi connectivity index (χ1v) is 20.1. The number of amides is 2. The van der Waals surface area contributed by atoms with E-state index in [0.717, 1.165) is 28.1 Å². The third-order valence-electron chi connectivity index (χ3n) is 10.5. The SMILES string of the molecule is COc1ccc2c(c1)[C@]1(O[C@@H](CCn3cc(C(CO)c4ccccc4)nn3)[C@H]([Si](C)(C)O)[C@H]1C)C(=O)N2Cc1ccc(N2CCOC2=O)cc1. The van der Waals surface area contributed by atoms with Gasteiger partial charge in [0.1, 0.15) is 12.4 Å². The van der Waals surface area contributed by atoms with E-state index in [-0.39, 0.29) is 36.0 Å².